The fourth-order valence-electron chi connectivity index (χ4n) is 3.43. The average Bonchev–Trinajstić information content (AvgIpc) is 2.79. The second kappa shape index (κ2) is 11.6. The Morgan fingerprint density at radius 1 is 1.07 bits per heavy atom. The molecule has 7 heteroatoms. The minimum atomic E-state index is -0.151. The third-order valence-electron chi connectivity index (χ3n) is 4.93. The maximum atomic E-state index is 12.8. The van der Waals surface area contributed by atoms with Crippen molar-refractivity contribution in [2.75, 3.05) is 49.3 Å². The lowest BCUT2D eigenvalue weighted by Gasteiger charge is -2.30. The summed E-state index contributed by atoms with van der Waals surface area (Å²) in [6, 6.07) is 15.4. The van der Waals surface area contributed by atoms with Crippen LogP contribution in [0.4, 0.5) is 11.4 Å². The van der Waals surface area contributed by atoms with Crippen LogP contribution in [0.2, 0.25) is 0 Å². The van der Waals surface area contributed by atoms with E-state index >= 15 is 0 Å². The number of ether oxygens (including phenoxy) is 1. The zero-order chi connectivity index (χ0) is 21.2. The molecule has 0 aromatic heterocycles. The summed E-state index contributed by atoms with van der Waals surface area (Å²) in [5, 5.41) is 5.82. The predicted molar refractivity (Wildman–Crippen MR) is 123 cm³/mol. The first-order valence-electron chi connectivity index (χ1n) is 10.3. The van der Waals surface area contributed by atoms with E-state index in [2.05, 4.69) is 15.5 Å². The van der Waals surface area contributed by atoms with E-state index in [-0.39, 0.29) is 11.8 Å². The first kappa shape index (κ1) is 22.2. The molecular weight excluding hydrogens is 398 g/mol. The van der Waals surface area contributed by atoms with Gasteiger partial charge in [0.1, 0.15) is 0 Å². The highest BCUT2D eigenvalue weighted by Gasteiger charge is 2.19. The van der Waals surface area contributed by atoms with E-state index in [1.54, 1.807) is 13.2 Å². The van der Waals surface area contributed by atoms with Crippen molar-refractivity contribution >= 4 is 35.0 Å². The van der Waals surface area contributed by atoms with Crippen LogP contribution < -0.4 is 15.5 Å². The molecule has 2 aromatic carbocycles. The SMILES string of the molecule is COCCNC(=O)c1cc(NC(=O)CSc2ccccc2)ccc1N1CCCCC1. The van der Waals surface area contributed by atoms with Crippen molar-refractivity contribution in [1.29, 1.82) is 0 Å². The molecule has 2 amide bonds. The molecule has 0 bridgehead atoms. The van der Waals surface area contributed by atoms with Gasteiger partial charge >= 0.3 is 0 Å². The van der Waals surface area contributed by atoms with Crippen molar-refractivity contribution in [2.24, 2.45) is 0 Å². The number of anilines is 2. The summed E-state index contributed by atoms with van der Waals surface area (Å²) < 4.78 is 5.03. The summed E-state index contributed by atoms with van der Waals surface area (Å²) in [4.78, 5) is 28.5. The number of hydrogen-bond donors (Lipinski definition) is 2. The van der Waals surface area contributed by atoms with Gasteiger partial charge in [-0.15, -0.1) is 11.8 Å². The topological polar surface area (TPSA) is 70.7 Å². The summed E-state index contributed by atoms with van der Waals surface area (Å²) in [7, 11) is 1.61. The van der Waals surface area contributed by atoms with Gasteiger partial charge in [0, 0.05) is 43.0 Å². The van der Waals surface area contributed by atoms with Crippen LogP contribution in [0.1, 0.15) is 29.6 Å². The second-order valence-corrected chi connectivity index (χ2v) is 8.23. The number of hydrogen-bond acceptors (Lipinski definition) is 5. The molecule has 1 saturated heterocycles. The lowest BCUT2D eigenvalue weighted by atomic mass is 10.1. The van der Waals surface area contributed by atoms with Gasteiger partial charge in [-0.25, -0.2) is 0 Å². The Morgan fingerprint density at radius 3 is 2.57 bits per heavy atom. The third kappa shape index (κ3) is 6.50. The monoisotopic (exact) mass is 427 g/mol. The van der Waals surface area contributed by atoms with E-state index in [4.69, 9.17) is 4.74 Å². The van der Waals surface area contributed by atoms with Crippen LogP contribution in [0.3, 0.4) is 0 Å². The van der Waals surface area contributed by atoms with Crippen LogP contribution in [0.5, 0.6) is 0 Å². The van der Waals surface area contributed by atoms with Crippen molar-refractivity contribution in [3.63, 3.8) is 0 Å². The maximum Gasteiger partial charge on any atom is 0.253 e. The molecule has 1 aliphatic heterocycles. The van der Waals surface area contributed by atoms with Gasteiger partial charge < -0.3 is 20.3 Å². The molecule has 0 unspecified atom stereocenters. The third-order valence-corrected chi connectivity index (χ3v) is 5.94. The van der Waals surface area contributed by atoms with Gasteiger partial charge in [-0.3, -0.25) is 9.59 Å². The van der Waals surface area contributed by atoms with Crippen LogP contribution in [0, 0.1) is 0 Å². The lowest BCUT2D eigenvalue weighted by molar-refractivity contribution is -0.113. The molecule has 2 aromatic rings. The number of rotatable bonds is 9. The number of nitrogens with one attached hydrogen (secondary N) is 2. The Labute approximate surface area is 182 Å². The van der Waals surface area contributed by atoms with E-state index in [0.29, 0.717) is 30.2 Å². The molecule has 3 rings (SSSR count). The largest absolute Gasteiger partial charge is 0.383 e. The van der Waals surface area contributed by atoms with Crippen molar-refractivity contribution in [3.8, 4) is 0 Å². The summed E-state index contributed by atoms with van der Waals surface area (Å²) in [6.07, 6.45) is 3.47. The van der Waals surface area contributed by atoms with E-state index in [9.17, 15) is 9.59 Å². The summed E-state index contributed by atoms with van der Waals surface area (Å²) >= 11 is 1.48. The zero-order valence-corrected chi connectivity index (χ0v) is 18.2. The Hall–Kier alpha value is -2.51. The minimum Gasteiger partial charge on any atom is -0.383 e. The van der Waals surface area contributed by atoms with Crippen LogP contribution in [0.25, 0.3) is 0 Å². The molecule has 0 atom stereocenters. The van der Waals surface area contributed by atoms with Crippen molar-refractivity contribution in [3.05, 3.63) is 54.1 Å². The van der Waals surface area contributed by atoms with Crippen LogP contribution in [0.15, 0.2) is 53.4 Å². The Kier molecular flexibility index (Phi) is 8.59. The van der Waals surface area contributed by atoms with Crippen LogP contribution >= 0.6 is 11.8 Å². The molecule has 1 heterocycles. The molecule has 2 N–H and O–H groups in total. The fraction of sp³-hybridized carbons (Fsp3) is 0.391. The number of carbonyl (C=O) groups is 2. The maximum absolute atomic E-state index is 12.8. The molecule has 1 fully saturated rings. The summed E-state index contributed by atoms with van der Waals surface area (Å²) in [5.74, 6) is 0.0653. The Balaban J connectivity index is 1.70. The first-order valence-corrected chi connectivity index (χ1v) is 11.3. The quantitative estimate of drug-likeness (QED) is 0.471. The van der Waals surface area contributed by atoms with Crippen molar-refractivity contribution in [1.82, 2.24) is 5.32 Å². The number of thioether (sulfide) groups is 1. The number of carbonyl (C=O) groups excluding carboxylic acids is 2. The zero-order valence-electron chi connectivity index (χ0n) is 17.4. The molecule has 30 heavy (non-hydrogen) atoms. The smallest absolute Gasteiger partial charge is 0.253 e. The number of benzene rings is 2. The van der Waals surface area contributed by atoms with Crippen molar-refractivity contribution in [2.45, 2.75) is 24.2 Å². The van der Waals surface area contributed by atoms with E-state index in [1.165, 1.54) is 18.2 Å². The number of nitrogens with zero attached hydrogens (tertiary/aromatic N) is 1. The molecule has 6 nitrogen and oxygen atoms in total. The van der Waals surface area contributed by atoms with Crippen molar-refractivity contribution < 1.29 is 14.3 Å². The van der Waals surface area contributed by atoms with Gasteiger partial charge in [-0.1, -0.05) is 18.2 Å². The van der Waals surface area contributed by atoms with Gasteiger partial charge in [-0.05, 0) is 49.6 Å². The van der Waals surface area contributed by atoms with Gasteiger partial charge in [-0.2, -0.15) is 0 Å². The van der Waals surface area contributed by atoms with Crippen LogP contribution in [-0.2, 0) is 9.53 Å². The fourth-order valence-corrected chi connectivity index (χ4v) is 4.15. The standard InChI is InChI=1S/C23H29N3O3S/c1-29-15-12-24-23(28)20-16-18(10-11-21(20)26-13-6-3-7-14-26)25-22(27)17-30-19-8-4-2-5-9-19/h2,4-5,8-11,16H,3,6-7,12-15,17H2,1H3,(H,24,28)(H,25,27). The predicted octanol–water partition coefficient (Wildman–Crippen LogP) is 3.78. The van der Waals surface area contributed by atoms with E-state index in [1.807, 2.05) is 42.5 Å². The molecule has 0 radical (unpaired) electrons. The van der Waals surface area contributed by atoms with Gasteiger partial charge in [0.2, 0.25) is 5.91 Å². The minimum absolute atomic E-state index is 0.0969. The number of piperidine rings is 1. The highest BCUT2D eigenvalue weighted by atomic mass is 32.2. The van der Waals surface area contributed by atoms with Gasteiger partial charge in [0.15, 0.2) is 0 Å². The second-order valence-electron chi connectivity index (χ2n) is 7.18. The average molecular weight is 428 g/mol. The summed E-state index contributed by atoms with van der Waals surface area (Å²) in [5.41, 5.74) is 2.13. The summed E-state index contributed by atoms with van der Waals surface area (Å²) in [6.45, 7) is 2.78. The van der Waals surface area contributed by atoms with E-state index < -0.39 is 0 Å². The molecule has 0 saturated carbocycles. The highest BCUT2D eigenvalue weighted by Crippen LogP contribution is 2.27. The van der Waals surface area contributed by atoms with Gasteiger partial charge in [0.05, 0.1) is 17.9 Å². The normalized spacial score (nSPS) is 13.7. The molecule has 0 aliphatic carbocycles. The molecular formula is C23H29N3O3S. The number of methoxy groups -OCH3 is 1. The Bertz CT molecular complexity index is 839. The highest BCUT2D eigenvalue weighted by molar-refractivity contribution is 8.00. The Morgan fingerprint density at radius 2 is 1.83 bits per heavy atom. The first-order chi connectivity index (χ1) is 14.7. The van der Waals surface area contributed by atoms with E-state index in [0.717, 1.165) is 36.5 Å². The molecule has 1 aliphatic rings. The van der Waals surface area contributed by atoms with Gasteiger partial charge in [0.25, 0.3) is 5.91 Å². The number of amides is 2. The lowest BCUT2D eigenvalue weighted by Crippen LogP contribution is -2.33. The molecule has 160 valence electrons. The van der Waals surface area contributed by atoms with Crippen LogP contribution in [-0.4, -0.2) is 50.9 Å². The molecule has 0 spiro atoms.